The summed E-state index contributed by atoms with van der Waals surface area (Å²) in [6.07, 6.45) is 1.76. The zero-order valence-corrected chi connectivity index (χ0v) is 13.2. The molecule has 0 spiro atoms. The van der Waals surface area contributed by atoms with Gasteiger partial charge in [-0.05, 0) is 49.7 Å². The Morgan fingerprint density at radius 3 is 2.35 bits per heavy atom. The molecule has 23 heavy (non-hydrogen) atoms. The molecule has 1 heterocycles. The Morgan fingerprint density at radius 1 is 1.04 bits per heavy atom. The van der Waals surface area contributed by atoms with Gasteiger partial charge in [-0.3, -0.25) is 4.79 Å². The molecule has 4 nitrogen and oxygen atoms in total. The highest BCUT2D eigenvalue weighted by atomic mass is 16.1. The van der Waals surface area contributed by atoms with Crippen LogP contribution in [0.25, 0.3) is 5.69 Å². The van der Waals surface area contributed by atoms with Crippen LogP contribution in [-0.2, 0) is 0 Å². The van der Waals surface area contributed by atoms with E-state index in [9.17, 15) is 4.79 Å². The molecular weight excluding hydrogens is 286 g/mol. The molecule has 0 aliphatic rings. The number of carbonyl (C=O) groups is 1. The Morgan fingerprint density at radius 2 is 1.74 bits per heavy atom. The largest absolute Gasteiger partial charge is 0.346 e. The summed E-state index contributed by atoms with van der Waals surface area (Å²) in [7, 11) is 0. The third kappa shape index (κ3) is 3.31. The molecule has 0 radical (unpaired) electrons. The van der Waals surface area contributed by atoms with Crippen LogP contribution < -0.4 is 5.32 Å². The van der Waals surface area contributed by atoms with Gasteiger partial charge in [0, 0.05) is 17.5 Å². The number of nitrogens with zero attached hydrogens (tertiary/aromatic N) is 2. The van der Waals surface area contributed by atoms with Gasteiger partial charge in [-0.15, -0.1) is 0 Å². The predicted octanol–water partition coefficient (Wildman–Crippen LogP) is 3.67. The molecule has 0 aliphatic heterocycles. The zero-order chi connectivity index (χ0) is 16.2. The molecule has 1 amide bonds. The van der Waals surface area contributed by atoms with E-state index in [0.29, 0.717) is 5.56 Å². The number of hydrogen-bond donors (Lipinski definition) is 1. The fraction of sp³-hybridized carbons (Fsp3) is 0.158. The van der Waals surface area contributed by atoms with Crippen LogP contribution in [-0.4, -0.2) is 15.7 Å². The second kappa shape index (κ2) is 6.48. The minimum atomic E-state index is -0.0786. The number of hydrogen-bond acceptors (Lipinski definition) is 2. The molecular formula is C19H19N3O. The van der Waals surface area contributed by atoms with Crippen LogP contribution in [0.5, 0.6) is 0 Å². The molecule has 3 aromatic rings. The van der Waals surface area contributed by atoms with E-state index in [-0.39, 0.29) is 11.9 Å². The van der Waals surface area contributed by atoms with Crippen molar-refractivity contribution in [2.24, 2.45) is 0 Å². The molecule has 1 aromatic heterocycles. The van der Waals surface area contributed by atoms with Gasteiger partial charge < -0.3 is 5.32 Å². The van der Waals surface area contributed by atoms with Crippen LogP contribution in [0.3, 0.4) is 0 Å². The van der Waals surface area contributed by atoms with Crippen molar-refractivity contribution in [1.82, 2.24) is 15.1 Å². The molecule has 2 aromatic carbocycles. The van der Waals surface area contributed by atoms with Crippen molar-refractivity contribution in [3.8, 4) is 5.69 Å². The molecule has 3 rings (SSSR count). The summed E-state index contributed by atoms with van der Waals surface area (Å²) in [5.41, 5.74) is 3.73. The highest BCUT2D eigenvalue weighted by molar-refractivity contribution is 5.94. The monoisotopic (exact) mass is 305 g/mol. The fourth-order valence-electron chi connectivity index (χ4n) is 2.50. The van der Waals surface area contributed by atoms with Crippen molar-refractivity contribution in [2.75, 3.05) is 0 Å². The Labute approximate surface area is 135 Å². The van der Waals surface area contributed by atoms with Crippen LogP contribution in [0.15, 0.2) is 66.9 Å². The number of benzene rings is 2. The van der Waals surface area contributed by atoms with Crippen molar-refractivity contribution in [1.29, 1.82) is 0 Å². The average Bonchev–Trinajstić information content (AvgIpc) is 3.02. The minimum absolute atomic E-state index is 0.0308. The van der Waals surface area contributed by atoms with Crippen molar-refractivity contribution in [3.63, 3.8) is 0 Å². The first kappa shape index (κ1) is 15.0. The maximum atomic E-state index is 12.4. The third-order valence-electron chi connectivity index (χ3n) is 3.85. The molecule has 0 fully saturated rings. The second-order valence-corrected chi connectivity index (χ2v) is 5.54. The smallest absolute Gasteiger partial charge is 0.251 e. The Bertz CT molecular complexity index is 791. The number of amides is 1. The number of carbonyl (C=O) groups excluding carboxylic acids is 1. The van der Waals surface area contributed by atoms with Crippen molar-refractivity contribution in [2.45, 2.75) is 19.9 Å². The molecule has 1 atom stereocenters. The van der Waals surface area contributed by atoms with E-state index in [4.69, 9.17) is 0 Å². The van der Waals surface area contributed by atoms with Crippen LogP contribution in [0.4, 0.5) is 0 Å². The summed E-state index contributed by atoms with van der Waals surface area (Å²) in [5, 5.41) is 7.28. The van der Waals surface area contributed by atoms with Gasteiger partial charge in [-0.1, -0.05) is 30.3 Å². The molecule has 1 N–H and O–H groups in total. The lowest BCUT2D eigenvalue weighted by Crippen LogP contribution is -2.26. The molecule has 0 aliphatic carbocycles. The maximum Gasteiger partial charge on any atom is 0.251 e. The summed E-state index contributed by atoms with van der Waals surface area (Å²) < 4.78 is 1.84. The summed E-state index contributed by atoms with van der Waals surface area (Å²) in [4.78, 5) is 12.4. The Balaban J connectivity index is 1.72. The van der Waals surface area contributed by atoms with Crippen LogP contribution in [0.1, 0.15) is 34.6 Å². The van der Waals surface area contributed by atoms with E-state index in [1.807, 2.05) is 79.2 Å². The fourth-order valence-corrected chi connectivity index (χ4v) is 2.50. The van der Waals surface area contributed by atoms with Gasteiger partial charge in [0.25, 0.3) is 5.91 Å². The number of aromatic nitrogens is 2. The SMILES string of the molecule is Cc1ccnn1-c1ccc(C(=O)N[C@H](C)c2ccccc2)cc1. The molecule has 116 valence electrons. The second-order valence-electron chi connectivity index (χ2n) is 5.54. The lowest BCUT2D eigenvalue weighted by atomic mass is 10.1. The van der Waals surface area contributed by atoms with E-state index in [1.54, 1.807) is 6.20 Å². The molecule has 4 heteroatoms. The van der Waals surface area contributed by atoms with Gasteiger partial charge in [0.15, 0.2) is 0 Å². The first-order valence-corrected chi connectivity index (χ1v) is 7.62. The Kier molecular flexibility index (Phi) is 4.24. The van der Waals surface area contributed by atoms with Gasteiger partial charge >= 0.3 is 0 Å². The quantitative estimate of drug-likeness (QED) is 0.799. The highest BCUT2D eigenvalue weighted by Gasteiger charge is 2.11. The lowest BCUT2D eigenvalue weighted by molar-refractivity contribution is 0.0940. The third-order valence-corrected chi connectivity index (χ3v) is 3.85. The van der Waals surface area contributed by atoms with E-state index in [2.05, 4.69) is 10.4 Å². The molecule has 0 bridgehead atoms. The number of aryl methyl sites for hydroxylation is 1. The van der Waals surface area contributed by atoms with E-state index in [1.165, 1.54) is 0 Å². The average molecular weight is 305 g/mol. The minimum Gasteiger partial charge on any atom is -0.346 e. The molecule has 0 unspecified atom stereocenters. The Hall–Kier alpha value is -2.88. The van der Waals surface area contributed by atoms with Crippen molar-refractivity contribution in [3.05, 3.63) is 83.7 Å². The first-order valence-electron chi connectivity index (χ1n) is 7.62. The topological polar surface area (TPSA) is 46.9 Å². The standard InChI is InChI=1S/C19H19N3O/c1-14-12-13-20-22(14)18-10-8-17(9-11-18)19(23)21-15(2)16-6-4-3-5-7-16/h3-13,15H,1-2H3,(H,21,23)/t15-/m1/s1. The van der Waals surface area contributed by atoms with E-state index < -0.39 is 0 Å². The van der Waals surface area contributed by atoms with Crippen molar-refractivity contribution < 1.29 is 4.79 Å². The lowest BCUT2D eigenvalue weighted by Gasteiger charge is -2.14. The first-order chi connectivity index (χ1) is 11.1. The van der Waals surface area contributed by atoms with Crippen LogP contribution in [0.2, 0.25) is 0 Å². The highest BCUT2D eigenvalue weighted by Crippen LogP contribution is 2.14. The maximum absolute atomic E-state index is 12.4. The van der Waals surface area contributed by atoms with Gasteiger partial charge in [-0.25, -0.2) is 4.68 Å². The summed E-state index contributed by atoms with van der Waals surface area (Å²) in [6, 6.07) is 19.3. The van der Waals surface area contributed by atoms with Crippen LogP contribution >= 0.6 is 0 Å². The predicted molar refractivity (Wildman–Crippen MR) is 90.6 cm³/mol. The van der Waals surface area contributed by atoms with E-state index in [0.717, 1.165) is 16.9 Å². The number of nitrogens with one attached hydrogen (secondary N) is 1. The summed E-state index contributed by atoms with van der Waals surface area (Å²) in [5.74, 6) is -0.0786. The number of rotatable bonds is 4. The van der Waals surface area contributed by atoms with Gasteiger partial charge in [0.2, 0.25) is 0 Å². The normalized spacial score (nSPS) is 11.9. The van der Waals surface area contributed by atoms with Gasteiger partial charge in [-0.2, -0.15) is 5.10 Å². The van der Waals surface area contributed by atoms with Gasteiger partial charge in [0.1, 0.15) is 0 Å². The summed E-state index contributed by atoms with van der Waals surface area (Å²) in [6.45, 7) is 3.98. The van der Waals surface area contributed by atoms with E-state index >= 15 is 0 Å². The molecule has 0 saturated heterocycles. The van der Waals surface area contributed by atoms with Crippen molar-refractivity contribution >= 4 is 5.91 Å². The van der Waals surface area contributed by atoms with Crippen LogP contribution in [0, 0.1) is 6.92 Å². The summed E-state index contributed by atoms with van der Waals surface area (Å²) >= 11 is 0. The molecule has 0 saturated carbocycles. The zero-order valence-electron chi connectivity index (χ0n) is 13.2. The van der Waals surface area contributed by atoms with Gasteiger partial charge in [0.05, 0.1) is 11.7 Å².